The minimum Gasteiger partial charge on any atom is -0.393 e. The fourth-order valence-electron chi connectivity index (χ4n) is 3.14. The first kappa shape index (κ1) is 16.7. The van der Waals surface area contributed by atoms with Crippen molar-refractivity contribution in [3.63, 3.8) is 0 Å². The molecule has 3 rings (SSSR count). The van der Waals surface area contributed by atoms with Crippen molar-refractivity contribution >= 4 is 16.8 Å². The molecule has 2 unspecified atom stereocenters. The fraction of sp³-hybridized carbons (Fsp3) is 0.421. The van der Waals surface area contributed by atoms with E-state index in [4.69, 9.17) is 4.74 Å². The van der Waals surface area contributed by atoms with E-state index in [1.54, 1.807) is 11.8 Å². The Kier molecular flexibility index (Phi) is 5.33. The molecule has 0 aliphatic carbocycles. The predicted octanol–water partition coefficient (Wildman–Crippen LogP) is 2.52. The zero-order valence-corrected chi connectivity index (χ0v) is 13.9. The van der Waals surface area contributed by atoms with Crippen molar-refractivity contribution in [3.05, 3.63) is 48.0 Å². The van der Waals surface area contributed by atoms with Crippen molar-refractivity contribution in [2.24, 2.45) is 0 Å². The zero-order valence-electron chi connectivity index (χ0n) is 13.9. The third-order valence-corrected chi connectivity index (χ3v) is 4.36. The van der Waals surface area contributed by atoms with Gasteiger partial charge in [-0.15, -0.1) is 0 Å². The van der Waals surface area contributed by atoms with Crippen LogP contribution >= 0.6 is 0 Å². The number of ether oxygens (including phenoxy) is 1. The molecule has 1 aliphatic heterocycles. The molecule has 1 heterocycles. The number of nitrogens with one attached hydrogen (secondary N) is 1. The molecule has 2 aromatic rings. The number of carbonyl (C=O) groups excluding carboxylic acids is 1. The van der Waals surface area contributed by atoms with Crippen LogP contribution in [-0.2, 0) is 11.3 Å². The molecule has 2 amide bonds. The second kappa shape index (κ2) is 7.64. The number of amides is 2. The lowest BCUT2D eigenvalue weighted by Gasteiger charge is -2.36. The quantitative estimate of drug-likeness (QED) is 0.906. The minimum atomic E-state index is -0.451. The molecular weight excluding hydrogens is 304 g/mol. The van der Waals surface area contributed by atoms with Crippen LogP contribution in [0.5, 0.6) is 0 Å². The lowest BCUT2D eigenvalue weighted by atomic mass is 10.1. The molecule has 5 nitrogen and oxygen atoms in total. The Hall–Kier alpha value is -2.11. The number of hydrogen-bond donors (Lipinski definition) is 2. The van der Waals surface area contributed by atoms with Crippen molar-refractivity contribution in [3.8, 4) is 0 Å². The van der Waals surface area contributed by atoms with Gasteiger partial charge in [-0.2, -0.15) is 0 Å². The summed E-state index contributed by atoms with van der Waals surface area (Å²) in [5, 5.41) is 14.9. The van der Waals surface area contributed by atoms with Crippen molar-refractivity contribution in [2.45, 2.75) is 32.0 Å². The average Bonchev–Trinajstić information content (AvgIpc) is 2.59. The lowest BCUT2D eigenvalue weighted by Crippen LogP contribution is -2.53. The van der Waals surface area contributed by atoms with Crippen LogP contribution in [0.15, 0.2) is 42.5 Å². The van der Waals surface area contributed by atoms with Gasteiger partial charge in [-0.1, -0.05) is 36.4 Å². The second-order valence-electron chi connectivity index (χ2n) is 6.35. The highest BCUT2D eigenvalue weighted by Crippen LogP contribution is 2.16. The first-order chi connectivity index (χ1) is 11.6. The molecule has 0 radical (unpaired) electrons. The summed E-state index contributed by atoms with van der Waals surface area (Å²) < 4.78 is 5.44. The van der Waals surface area contributed by atoms with Gasteiger partial charge in [0.25, 0.3) is 0 Å². The van der Waals surface area contributed by atoms with Crippen LogP contribution < -0.4 is 5.32 Å². The van der Waals surface area contributed by atoms with Gasteiger partial charge in [0.2, 0.25) is 0 Å². The standard InChI is InChI=1S/C19H24N2O3/c1-14(22)10-18-13-24-9-8-21(18)19(23)20-12-15-6-7-16-4-2-3-5-17(16)11-15/h2-7,11,14,18,22H,8-10,12-13H2,1H3,(H,20,23). The van der Waals surface area contributed by atoms with Crippen LogP contribution in [0.3, 0.4) is 0 Å². The van der Waals surface area contributed by atoms with Crippen LogP contribution in [0.1, 0.15) is 18.9 Å². The summed E-state index contributed by atoms with van der Waals surface area (Å²) in [6.07, 6.45) is 0.0797. The van der Waals surface area contributed by atoms with E-state index in [1.165, 1.54) is 10.8 Å². The van der Waals surface area contributed by atoms with Gasteiger partial charge in [0.15, 0.2) is 0 Å². The Balaban J connectivity index is 1.62. The Morgan fingerprint density at radius 3 is 2.92 bits per heavy atom. The number of aliphatic hydroxyl groups is 1. The topological polar surface area (TPSA) is 61.8 Å². The SMILES string of the molecule is CC(O)CC1COCCN1C(=O)NCc1ccc2ccccc2c1. The van der Waals surface area contributed by atoms with Crippen molar-refractivity contribution in [1.82, 2.24) is 10.2 Å². The molecule has 2 N–H and O–H groups in total. The molecule has 2 aromatic carbocycles. The van der Waals surface area contributed by atoms with Gasteiger partial charge >= 0.3 is 6.03 Å². The maximum atomic E-state index is 12.5. The van der Waals surface area contributed by atoms with Crippen molar-refractivity contribution < 1.29 is 14.6 Å². The van der Waals surface area contributed by atoms with Gasteiger partial charge in [-0.25, -0.2) is 4.79 Å². The van der Waals surface area contributed by atoms with E-state index in [1.807, 2.05) is 18.2 Å². The highest BCUT2D eigenvalue weighted by atomic mass is 16.5. The van der Waals surface area contributed by atoms with Gasteiger partial charge in [0, 0.05) is 13.1 Å². The summed E-state index contributed by atoms with van der Waals surface area (Å²) >= 11 is 0. The first-order valence-electron chi connectivity index (χ1n) is 8.41. The minimum absolute atomic E-state index is 0.0737. The predicted molar refractivity (Wildman–Crippen MR) is 93.8 cm³/mol. The van der Waals surface area contributed by atoms with Gasteiger partial charge < -0.3 is 20.1 Å². The van der Waals surface area contributed by atoms with E-state index >= 15 is 0 Å². The summed E-state index contributed by atoms with van der Waals surface area (Å²) in [7, 11) is 0. The van der Waals surface area contributed by atoms with Crippen molar-refractivity contribution in [2.75, 3.05) is 19.8 Å². The number of urea groups is 1. The third kappa shape index (κ3) is 4.04. The van der Waals surface area contributed by atoms with Gasteiger partial charge in [0.1, 0.15) is 0 Å². The summed E-state index contributed by atoms with van der Waals surface area (Å²) in [6.45, 7) is 3.80. The number of nitrogens with zero attached hydrogens (tertiary/aromatic N) is 1. The highest BCUT2D eigenvalue weighted by molar-refractivity contribution is 5.83. The third-order valence-electron chi connectivity index (χ3n) is 4.36. The van der Waals surface area contributed by atoms with E-state index in [-0.39, 0.29) is 12.1 Å². The Morgan fingerprint density at radius 2 is 2.12 bits per heavy atom. The van der Waals surface area contributed by atoms with Crippen LogP contribution in [0.25, 0.3) is 10.8 Å². The molecule has 1 aliphatic rings. The number of benzene rings is 2. The number of rotatable bonds is 4. The monoisotopic (exact) mass is 328 g/mol. The average molecular weight is 328 g/mol. The van der Waals surface area contributed by atoms with E-state index in [2.05, 4.69) is 29.6 Å². The molecule has 1 saturated heterocycles. The Morgan fingerprint density at radius 1 is 1.33 bits per heavy atom. The van der Waals surface area contributed by atoms with Crippen LogP contribution in [0, 0.1) is 0 Å². The Labute approximate surface area is 142 Å². The highest BCUT2D eigenvalue weighted by Gasteiger charge is 2.28. The summed E-state index contributed by atoms with van der Waals surface area (Å²) in [5.41, 5.74) is 1.07. The van der Waals surface area contributed by atoms with Gasteiger partial charge in [-0.05, 0) is 35.7 Å². The van der Waals surface area contributed by atoms with Gasteiger partial charge in [0.05, 0.1) is 25.4 Å². The molecule has 0 bridgehead atoms. The molecule has 5 heteroatoms. The van der Waals surface area contributed by atoms with E-state index in [9.17, 15) is 9.90 Å². The number of morpholine rings is 1. The summed E-state index contributed by atoms with van der Waals surface area (Å²) in [5.74, 6) is 0. The maximum Gasteiger partial charge on any atom is 0.318 e. The van der Waals surface area contributed by atoms with Crippen LogP contribution in [-0.4, -0.2) is 47.9 Å². The number of hydrogen-bond acceptors (Lipinski definition) is 3. The molecule has 128 valence electrons. The zero-order chi connectivity index (χ0) is 16.9. The molecule has 0 aromatic heterocycles. The number of fused-ring (bicyclic) bond motifs is 1. The first-order valence-corrected chi connectivity index (χ1v) is 8.41. The fourth-order valence-corrected chi connectivity index (χ4v) is 3.14. The maximum absolute atomic E-state index is 12.5. The number of aliphatic hydroxyl groups excluding tert-OH is 1. The molecule has 24 heavy (non-hydrogen) atoms. The molecule has 0 saturated carbocycles. The van der Waals surface area contributed by atoms with E-state index in [0.717, 1.165) is 5.56 Å². The molecule has 2 atom stereocenters. The second-order valence-corrected chi connectivity index (χ2v) is 6.35. The summed E-state index contributed by atoms with van der Waals surface area (Å²) in [6, 6.07) is 14.2. The Bertz CT molecular complexity index is 702. The largest absolute Gasteiger partial charge is 0.393 e. The van der Waals surface area contributed by atoms with Crippen LogP contribution in [0.4, 0.5) is 4.79 Å². The van der Waals surface area contributed by atoms with Gasteiger partial charge in [-0.3, -0.25) is 0 Å². The van der Waals surface area contributed by atoms with E-state index < -0.39 is 6.10 Å². The van der Waals surface area contributed by atoms with Crippen LogP contribution in [0.2, 0.25) is 0 Å². The molecule has 0 spiro atoms. The van der Waals surface area contributed by atoms with Crippen molar-refractivity contribution in [1.29, 1.82) is 0 Å². The molecular formula is C19H24N2O3. The normalized spacial score (nSPS) is 19.2. The summed E-state index contributed by atoms with van der Waals surface area (Å²) in [4.78, 5) is 14.3. The van der Waals surface area contributed by atoms with E-state index in [0.29, 0.717) is 32.7 Å². The smallest absolute Gasteiger partial charge is 0.318 e. The molecule has 1 fully saturated rings. The lowest BCUT2D eigenvalue weighted by molar-refractivity contribution is -0.00437. The number of carbonyl (C=O) groups is 1.